The monoisotopic (exact) mass is 305 g/mol. The van der Waals surface area contributed by atoms with Crippen molar-refractivity contribution in [2.24, 2.45) is 0 Å². The molecule has 0 fully saturated rings. The number of carbonyl (C=O) groups excluding carboxylic acids is 1. The van der Waals surface area contributed by atoms with Gasteiger partial charge >= 0.3 is 0 Å². The first-order chi connectivity index (χ1) is 11.0. The molecule has 4 nitrogen and oxygen atoms in total. The summed E-state index contributed by atoms with van der Waals surface area (Å²) in [6.45, 7) is 5.95. The minimum Gasteiger partial charge on any atom is -0.322 e. The third-order valence-corrected chi connectivity index (χ3v) is 3.78. The van der Waals surface area contributed by atoms with Crippen LogP contribution in [0.25, 0.3) is 5.69 Å². The van der Waals surface area contributed by atoms with E-state index in [1.54, 1.807) is 0 Å². The van der Waals surface area contributed by atoms with Gasteiger partial charge in [-0.2, -0.15) is 5.10 Å². The van der Waals surface area contributed by atoms with E-state index in [9.17, 15) is 4.79 Å². The van der Waals surface area contributed by atoms with E-state index >= 15 is 0 Å². The van der Waals surface area contributed by atoms with Gasteiger partial charge in [0, 0.05) is 16.9 Å². The van der Waals surface area contributed by atoms with E-state index in [0.29, 0.717) is 5.56 Å². The smallest absolute Gasteiger partial charge is 0.255 e. The fraction of sp³-hybridized carbons (Fsp3) is 0.158. The maximum atomic E-state index is 12.4. The number of rotatable bonds is 3. The van der Waals surface area contributed by atoms with Crippen LogP contribution in [-0.2, 0) is 0 Å². The lowest BCUT2D eigenvalue weighted by atomic mass is 10.1. The summed E-state index contributed by atoms with van der Waals surface area (Å²) in [5.41, 5.74) is 5.49. The first kappa shape index (κ1) is 15.0. The highest BCUT2D eigenvalue weighted by Gasteiger charge is 2.09. The zero-order chi connectivity index (χ0) is 16.4. The summed E-state index contributed by atoms with van der Waals surface area (Å²) in [6.07, 6.45) is 0. The third kappa shape index (κ3) is 3.16. The number of nitrogens with one attached hydrogen (secondary N) is 1. The van der Waals surface area contributed by atoms with Crippen molar-refractivity contribution in [2.75, 3.05) is 5.32 Å². The number of aryl methyl sites for hydroxylation is 3. The number of nitrogens with zero attached hydrogens (tertiary/aromatic N) is 2. The predicted molar refractivity (Wildman–Crippen MR) is 92.2 cm³/mol. The average molecular weight is 305 g/mol. The second kappa shape index (κ2) is 6.08. The van der Waals surface area contributed by atoms with Crippen LogP contribution in [0.5, 0.6) is 0 Å². The van der Waals surface area contributed by atoms with E-state index in [2.05, 4.69) is 10.4 Å². The van der Waals surface area contributed by atoms with Crippen LogP contribution in [0, 0.1) is 20.8 Å². The highest BCUT2D eigenvalue weighted by molar-refractivity contribution is 6.04. The molecule has 0 saturated carbocycles. The van der Waals surface area contributed by atoms with Crippen LogP contribution in [0.15, 0.2) is 54.6 Å². The summed E-state index contributed by atoms with van der Waals surface area (Å²) in [7, 11) is 0. The molecule has 0 unspecified atom stereocenters. The van der Waals surface area contributed by atoms with Crippen molar-refractivity contribution in [2.45, 2.75) is 20.8 Å². The third-order valence-electron chi connectivity index (χ3n) is 3.78. The van der Waals surface area contributed by atoms with E-state index in [1.165, 1.54) is 0 Å². The lowest BCUT2D eigenvalue weighted by Crippen LogP contribution is -2.12. The Morgan fingerprint density at radius 2 is 1.70 bits per heavy atom. The summed E-state index contributed by atoms with van der Waals surface area (Å²) in [5.74, 6) is -0.112. The zero-order valence-corrected chi connectivity index (χ0v) is 13.5. The highest BCUT2D eigenvalue weighted by atomic mass is 16.1. The quantitative estimate of drug-likeness (QED) is 0.793. The van der Waals surface area contributed by atoms with E-state index in [0.717, 1.165) is 28.3 Å². The van der Waals surface area contributed by atoms with Crippen LogP contribution >= 0.6 is 0 Å². The molecule has 1 aromatic heterocycles. The maximum Gasteiger partial charge on any atom is 0.255 e. The Labute approximate surface area is 135 Å². The molecule has 0 aliphatic heterocycles. The van der Waals surface area contributed by atoms with E-state index in [1.807, 2.05) is 80.1 Å². The van der Waals surface area contributed by atoms with Crippen molar-refractivity contribution in [1.29, 1.82) is 0 Å². The summed E-state index contributed by atoms with van der Waals surface area (Å²) in [5, 5.41) is 7.39. The second-order valence-electron chi connectivity index (χ2n) is 5.65. The number of anilines is 1. The van der Waals surface area contributed by atoms with Crippen molar-refractivity contribution in [3.8, 4) is 5.69 Å². The van der Waals surface area contributed by atoms with Crippen molar-refractivity contribution in [3.63, 3.8) is 0 Å². The normalized spacial score (nSPS) is 10.6. The van der Waals surface area contributed by atoms with Gasteiger partial charge in [0.25, 0.3) is 5.91 Å². The summed E-state index contributed by atoms with van der Waals surface area (Å²) in [6, 6.07) is 17.2. The number of aromatic nitrogens is 2. The van der Waals surface area contributed by atoms with Gasteiger partial charge in [-0.15, -0.1) is 0 Å². The summed E-state index contributed by atoms with van der Waals surface area (Å²) >= 11 is 0. The zero-order valence-electron chi connectivity index (χ0n) is 13.5. The largest absolute Gasteiger partial charge is 0.322 e. The van der Waals surface area contributed by atoms with Gasteiger partial charge in [0.15, 0.2) is 0 Å². The minimum absolute atomic E-state index is 0.112. The molecule has 3 aromatic rings. The molecule has 0 atom stereocenters. The number of carbonyl (C=O) groups is 1. The van der Waals surface area contributed by atoms with Gasteiger partial charge in [-0.3, -0.25) is 4.79 Å². The Morgan fingerprint density at radius 1 is 1.00 bits per heavy atom. The number of para-hydroxylation sites is 1. The first-order valence-electron chi connectivity index (χ1n) is 7.55. The van der Waals surface area contributed by atoms with Crippen LogP contribution in [-0.4, -0.2) is 15.7 Å². The fourth-order valence-corrected chi connectivity index (χ4v) is 2.55. The van der Waals surface area contributed by atoms with E-state index < -0.39 is 0 Å². The molecule has 0 aliphatic carbocycles. The van der Waals surface area contributed by atoms with Crippen molar-refractivity contribution in [1.82, 2.24) is 9.78 Å². The second-order valence-corrected chi connectivity index (χ2v) is 5.65. The number of benzene rings is 2. The molecule has 1 amide bonds. The Morgan fingerprint density at radius 3 is 2.30 bits per heavy atom. The molecule has 4 heteroatoms. The first-order valence-corrected chi connectivity index (χ1v) is 7.55. The van der Waals surface area contributed by atoms with Crippen LogP contribution in [0.4, 0.5) is 5.69 Å². The van der Waals surface area contributed by atoms with Crippen LogP contribution < -0.4 is 5.32 Å². The molecule has 2 aromatic carbocycles. The van der Waals surface area contributed by atoms with E-state index in [4.69, 9.17) is 0 Å². The predicted octanol–water partition coefficient (Wildman–Crippen LogP) is 4.05. The lowest BCUT2D eigenvalue weighted by Gasteiger charge is -2.09. The molecule has 3 rings (SSSR count). The molecule has 0 radical (unpaired) electrons. The minimum atomic E-state index is -0.112. The van der Waals surface area contributed by atoms with Gasteiger partial charge in [0.05, 0.1) is 11.4 Å². The van der Waals surface area contributed by atoms with Crippen molar-refractivity contribution in [3.05, 3.63) is 77.1 Å². The number of hydrogen-bond donors (Lipinski definition) is 1. The van der Waals surface area contributed by atoms with Gasteiger partial charge in [-0.05, 0) is 62.7 Å². The van der Waals surface area contributed by atoms with E-state index in [-0.39, 0.29) is 5.91 Å². The topological polar surface area (TPSA) is 46.9 Å². The van der Waals surface area contributed by atoms with Gasteiger partial charge in [-0.1, -0.05) is 18.2 Å². The molecule has 0 saturated heterocycles. The fourth-order valence-electron chi connectivity index (χ4n) is 2.55. The van der Waals surface area contributed by atoms with Gasteiger partial charge in [0.1, 0.15) is 0 Å². The number of hydrogen-bond acceptors (Lipinski definition) is 2. The highest BCUT2D eigenvalue weighted by Crippen LogP contribution is 2.16. The average Bonchev–Trinajstić information content (AvgIpc) is 2.88. The van der Waals surface area contributed by atoms with Gasteiger partial charge < -0.3 is 5.32 Å². The van der Waals surface area contributed by atoms with Gasteiger partial charge in [0.2, 0.25) is 0 Å². The lowest BCUT2D eigenvalue weighted by molar-refractivity contribution is 0.102. The Bertz CT molecular complexity index is 847. The Hall–Kier alpha value is -2.88. The molecule has 1 N–H and O–H groups in total. The standard InChI is InChI=1S/C19H19N3O/c1-13-6-4-5-7-18(13)20-19(23)16-8-10-17(11-9-16)22-15(3)12-14(2)21-22/h4-12H,1-3H3,(H,20,23). The molecule has 23 heavy (non-hydrogen) atoms. The SMILES string of the molecule is Cc1cc(C)n(-c2ccc(C(=O)Nc3ccccc3C)cc2)n1. The van der Waals surface area contributed by atoms with Crippen molar-refractivity contribution >= 4 is 11.6 Å². The molecule has 116 valence electrons. The summed E-state index contributed by atoms with van der Waals surface area (Å²) in [4.78, 5) is 12.4. The molecule has 0 spiro atoms. The van der Waals surface area contributed by atoms with Crippen LogP contribution in [0.3, 0.4) is 0 Å². The molecule has 0 bridgehead atoms. The maximum absolute atomic E-state index is 12.4. The molecular weight excluding hydrogens is 286 g/mol. The Kier molecular flexibility index (Phi) is 3.98. The van der Waals surface area contributed by atoms with Crippen LogP contribution in [0.1, 0.15) is 27.3 Å². The molecular formula is C19H19N3O. The van der Waals surface area contributed by atoms with Gasteiger partial charge in [-0.25, -0.2) is 4.68 Å². The van der Waals surface area contributed by atoms with Crippen molar-refractivity contribution < 1.29 is 4.79 Å². The molecule has 0 aliphatic rings. The summed E-state index contributed by atoms with van der Waals surface area (Å²) < 4.78 is 1.87. The number of amides is 1. The Balaban J connectivity index is 1.81. The molecule has 1 heterocycles. The van der Waals surface area contributed by atoms with Crippen LogP contribution in [0.2, 0.25) is 0 Å².